The topological polar surface area (TPSA) is 63.7 Å². The zero-order chi connectivity index (χ0) is 11.4. The van der Waals surface area contributed by atoms with Crippen molar-refractivity contribution in [1.82, 2.24) is 20.6 Å². The van der Waals surface area contributed by atoms with Crippen LogP contribution in [0.5, 0.6) is 5.75 Å². The second-order valence-corrected chi connectivity index (χ2v) is 3.50. The van der Waals surface area contributed by atoms with E-state index < -0.39 is 0 Å². The van der Waals surface area contributed by atoms with Crippen LogP contribution in [0.25, 0.3) is 0 Å². The number of hydrogen-bond acceptors (Lipinski definition) is 4. The van der Waals surface area contributed by atoms with Crippen LogP contribution in [-0.2, 0) is 12.8 Å². The van der Waals surface area contributed by atoms with E-state index in [4.69, 9.17) is 4.74 Å². The Morgan fingerprint density at radius 3 is 2.88 bits per heavy atom. The lowest BCUT2D eigenvalue weighted by atomic mass is 10.1. The van der Waals surface area contributed by atoms with Gasteiger partial charge in [-0.1, -0.05) is 24.3 Å². The largest absolute Gasteiger partial charge is 0.496 e. The van der Waals surface area contributed by atoms with Gasteiger partial charge in [0, 0.05) is 12.0 Å². The molecule has 0 atom stereocenters. The van der Waals surface area contributed by atoms with E-state index in [0.717, 1.165) is 17.7 Å². The van der Waals surface area contributed by atoms with Crippen LogP contribution in [-0.4, -0.2) is 27.7 Å². The summed E-state index contributed by atoms with van der Waals surface area (Å²) in [6, 6.07) is 6.17. The number of nitrogens with zero attached hydrogens (tertiary/aromatic N) is 3. The number of rotatable bonds is 4. The molecule has 0 bridgehead atoms. The van der Waals surface area contributed by atoms with Crippen molar-refractivity contribution in [3.8, 4) is 5.75 Å². The molecule has 2 rings (SSSR count). The first kappa shape index (κ1) is 10.6. The number of hydrogen-bond donors (Lipinski definition) is 1. The van der Waals surface area contributed by atoms with Crippen molar-refractivity contribution in [2.45, 2.75) is 19.8 Å². The van der Waals surface area contributed by atoms with Gasteiger partial charge in [0.05, 0.1) is 7.11 Å². The Kier molecular flexibility index (Phi) is 3.14. The Morgan fingerprint density at radius 2 is 2.25 bits per heavy atom. The number of aromatic amines is 1. The Bertz CT molecular complexity index is 453. The summed E-state index contributed by atoms with van der Waals surface area (Å²) in [5.74, 6) is 1.54. The van der Waals surface area contributed by atoms with Crippen molar-refractivity contribution >= 4 is 0 Å². The van der Waals surface area contributed by atoms with Gasteiger partial charge in [-0.3, -0.25) is 0 Å². The molecule has 1 aromatic heterocycles. The smallest absolute Gasteiger partial charge is 0.179 e. The summed E-state index contributed by atoms with van der Waals surface area (Å²) < 4.78 is 5.31. The third-order valence-corrected chi connectivity index (χ3v) is 2.49. The van der Waals surface area contributed by atoms with Gasteiger partial charge in [-0.15, -0.1) is 10.2 Å². The molecule has 0 spiro atoms. The first-order valence-electron chi connectivity index (χ1n) is 5.21. The zero-order valence-corrected chi connectivity index (χ0v) is 9.40. The summed E-state index contributed by atoms with van der Waals surface area (Å²) in [5.41, 5.74) is 2.36. The fourth-order valence-electron chi connectivity index (χ4n) is 1.62. The van der Waals surface area contributed by atoms with Crippen molar-refractivity contribution in [3.63, 3.8) is 0 Å². The lowest BCUT2D eigenvalue weighted by Crippen LogP contribution is -1.97. The van der Waals surface area contributed by atoms with Gasteiger partial charge in [-0.25, -0.2) is 0 Å². The molecule has 1 aromatic carbocycles. The minimum atomic E-state index is 0.632. The lowest BCUT2D eigenvalue weighted by molar-refractivity contribution is 0.410. The summed E-state index contributed by atoms with van der Waals surface area (Å²) in [6.07, 6.45) is 1.64. The van der Waals surface area contributed by atoms with Crippen LogP contribution in [0.2, 0.25) is 0 Å². The van der Waals surface area contributed by atoms with Gasteiger partial charge in [0.15, 0.2) is 5.82 Å². The average molecular weight is 218 g/mol. The molecule has 0 aliphatic rings. The van der Waals surface area contributed by atoms with E-state index in [-0.39, 0.29) is 0 Å². The molecule has 5 heteroatoms. The fourth-order valence-corrected chi connectivity index (χ4v) is 1.62. The summed E-state index contributed by atoms with van der Waals surface area (Å²) in [6.45, 7) is 2.12. The highest BCUT2D eigenvalue weighted by atomic mass is 16.5. The standard InChI is InChI=1S/C11H14N4O/c1-3-8-4-5-10(16-2)9(6-8)7-11-12-14-15-13-11/h4-6H,3,7H2,1-2H3,(H,12,13,14,15). The number of nitrogens with one attached hydrogen (secondary N) is 1. The van der Waals surface area contributed by atoms with E-state index in [0.29, 0.717) is 12.2 Å². The van der Waals surface area contributed by atoms with Crippen molar-refractivity contribution in [2.24, 2.45) is 0 Å². The van der Waals surface area contributed by atoms with Gasteiger partial charge >= 0.3 is 0 Å². The quantitative estimate of drug-likeness (QED) is 0.841. The van der Waals surface area contributed by atoms with Crippen molar-refractivity contribution in [3.05, 3.63) is 35.2 Å². The summed E-state index contributed by atoms with van der Waals surface area (Å²) >= 11 is 0. The number of aromatic nitrogens is 4. The Hall–Kier alpha value is -1.91. The minimum Gasteiger partial charge on any atom is -0.496 e. The predicted molar refractivity (Wildman–Crippen MR) is 59.4 cm³/mol. The second-order valence-electron chi connectivity index (χ2n) is 3.50. The average Bonchev–Trinajstić information content (AvgIpc) is 2.82. The molecule has 0 saturated carbocycles. The van der Waals surface area contributed by atoms with Crippen molar-refractivity contribution in [1.29, 1.82) is 0 Å². The molecule has 0 fully saturated rings. The molecular formula is C11H14N4O. The van der Waals surface area contributed by atoms with Gasteiger partial charge in [-0.2, -0.15) is 5.21 Å². The Morgan fingerprint density at radius 1 is 1.38 bits per heavy atom. The maximum atomic E-state index is 5.31. The molecule has 0 radical (unpaired) electrons. The van der Waals surface area contributed by atoms with Gasteiger partial charge < -0.3 is 4.74 Å². The van der Waals surface area contributed by atoms with Gasteiger partial charge in [-0.05, 0) is 18.1 Å². The first-order valence-corrected chi connectivity index (χ1v) is 5.21. The Labute approximate surface area is 93.8 Å². The first-order chi connectivity index (χ1) is 7.83. The van der Waals surface area contributed by atoms with Crippen molar-refractivity contribution < 1.29 is 4.74 Å². The van der Waals surface area contributed by atoms with Crippen LogP contribution < -0.4 is 4.74 Å². The summed E-state index contributed by atoms with van der Waals surface area (Å²) in [5, 5.41) is 13.9. The van der Waals surface area contributed by atoms with Crippen LogP contribution in [0, 0.1) is 0 Å². The third-order valence-electron chi connectivity index (χ3n) is 2.49. The fraction of sp³-hybridized carbons (Fsp3) is 0.364. The monoisotopic (exact) mass is 218 g/mol. The van der Waals surface area contributed by atoms with Gasteiger partial charge in [0.2, 0.25) is 0 Å². The molecular weight excluding hydrogens is 204 g/mol. The molecule has 5 nitrogen and oxygen atoms in total. The molecule has 0 saturated heterocycles. The normalized spacial score (nSPS) is 10.4. The SMILES string of the molecule is CCc1ccc(OC)c(Cc2nn[nH]n2)c1. The van der Waals surface area contributed by atoms with Crippen molar-refractivity contribution in [2.75, 3.05) is 7.11 Å². The van der Waals surface area contributed by atoms with E-state index in [1.165, 1.54) is 5.56 Å². The predicted octanol–water partition coefficient (Wildman–Crippen LogP) is 1.36. The van der Waals surface area contributed by atoms with Crippen LogP contribution in [0.15, 0.2) is 18.2 Å². The van der Waals surface area contributed by atoms with E-state index in [9.17, 15) is 0 Å². The van der Waals surface area contributed by atoms with Crippen LogP contribution in [0.3, 0.4) is 0 Å². The maximum Gasteiger partial charge on any atom is 0.179 e. The minimum absolute atomic E-state index is 0.632. The summed E-state index contributed by atoms with van der Waals surface area (Å²) in [4.78, 5) is 0. The zero-order valence-electron chi connectivity index (χ0n) is 9.40. The van der Waals surface area contributed by atoms with E-state index in [1.807, 2.05) is 6.07 Å². The molecule has 2 aromatic rings. The number of tetrazole rings is 1. The highest BCUT2D eigenvalue weighted by Gasteiger charge is 2.07. The maximum absolute atomic E-state index is 5.31. The molecule has 0 unspecified atom stereocenters. The Balaban J connectivity index is 2.30. The van der Waals surface area contributed by atoms with E-state index >= 15 is 0 Å². The van der Waals surface area contributed by atoms with Gasteiger partial charge in [0.25, 0.3) is 0 Å². The molecule has 0 aliphatic heterocycles. The van der Waals surface area contributed by atoms with Gasteiger partial charge in [0.1, 0.15) is 5.75 Å². The molecule has 16 heavy (non-hydrogen) atoms. The second kappa shape index (κ2) is 4.74. The number of benzene rings is 1. The third kappa shape index (κ3) is 2.18. The van der Waals surface area contributed by atoms with Crippen LogP contribution >= 0.6 is 0 Å². The highest BCUT2D eigenvalue weighted by molar-refractivity contribution is 5.38. The number of methoxy groups -OCH3 is 1. The van der Waals surface area contributed by atoms with Crippen LogP contribution in [0.4, 0.5) is 0 Å². The molecule has 1 N–H and O–H groups in total. The molecule has 84 valence electrons. The van der Waals surface area contributed by atoms with E-state index in [2.05, 4.69) is 39.7 Å². The number of H-pyrrole nitrogens is 1. The summed E-state index contributed by atoms with van der Waals surface area (Å²) in [7, 11) is 1.67. The van der Waals surface area contributed by atoms with E-state index in [1.54, 1.807) is 7.11 Å². The van der Waals surface area contributed by atoms with Crippen LogP contribution in [0.1, 0.15) is 23.9 Å². The highest BCUT2D eigenvalue weighted by Crippen LogP contribution is 2.21. The molecule has 0 aliphatic carbocycles. The molecule has 0 amide bonds. The molecule has 1 heterocycles. The lowest BCUT2D eigenvalue weighted by Gasteiger charge is -2.08. The number of ether oxygens (including phenoxy) is 1. The number of aryl methyl sites for hydroxylation is 1.